The van der Waals surface area contributed by atoms with E-state index in [1.54, 1.807) is 0 Å². The van der Waals surface area contributed by atoms with E-state index in [1.165, 1.54) is 30.5 Å². The Balaban J connectivity index is 1.54. The van der Waals surface area contributed by atoms with Crippen LogP contribution in [-0.2, 0) is 11.2 Å². The number of morpholine rings is 1. The molecule has 1 aliphatic heterocycles. The summed E-state index contributed by atoms with van der Waals surface area (Å²) in [6, 6.07) is 8.91. The van der Waals surface area contributed by atoms with E-state index in [1.807, 2.05) is 0 Å². The topological polar surface area (TPSA) is 38.5 Å². The van der Waals surface area contributed by atoms with Crippen molar-refractivity contribution in [3.05, 3.63) is 35.4 Å². The number of ether oxygens (including phenoxy) is 1. The molecule has 1 fully saturated rings. The summed E-state index contributed by atoms with van der Waals surface area (Å²) in [5.41, 5.74) is 9.43. The zero-order chi connectivity index (χ0) is 13.9. The van der Waals surface area contributed by atoms with E-state index in [0.29, 0.717) is 5.92 Å². The van der Waals surface area contributed by atoms with Crippen molar-refractivity contribution in [3.63, 3.8) is 0 Å². The largest absolute Gasteiger partial charge is 0.374 e. The van der Waals surface area contributed by atoms with Crippen LogP contribution in [0.1, 0.15) is 36.8 Å². The molecule has 0 amide bonds. The molecular weight excluding hydrogens is 248 g/mol. The predicted molar refractivity (Wildman–Crippen MR) is 82.0 cm³/mol. The number of fused-ring (bicyclic) bond motifs is 1. The van der Waals surface area contributed by atoms with Crippen LogP contribution in [0.15, 0.2) is 24.3 Å². The Morgan fingerprint density at radius 1 is 1.40 bits per heavy atom. The van der Waals surface area contributed by atoms with Crippen molar-refractivity contribution >= 4 is 0 Å². The smallest absolute Gasteiger partial charge is 0.0853 e. The first-order valence-electron chi connectivity index (χ1n) is 7.95. The molecule has 3 atom stereocenters. The second-order valence-electron chi connectivity index (χ2n) is 6.21. The van der Waals surface area contributed by atoms with Gasteiger partial charge in [0.05, 0.1) is 12.7 Å². The van der Waals surface area contributed by atoms with Gasteiger partial charge in [0.1, 0.15) is 0 Å². The summed E-state index contributed by atoms with van der Waals surface area (Å²) in [5, 5.41) is 0. The third-order valence-electron chi connectivity index (χ3n) is 4.71. The zero-order valence-corrected chi connectivity index (χ0v) is 12.4. The molecule has 3 rings (SSSR count). The van der Waals surface area contributed by atoms with Crippen LogP contribution < -0.4 is 5.73 Å². The fourth-order valence-corrected chi connectivity index (χ4v) is 3.56. The first kappa shape index (κ1) is 14.1. The lowest BCUT2D eigenvalue weighted by atomic mass is 9.74. The molecule has 3 unspecified atom stereocenters. The van der Waals surface area contributed by atoms with Gasteiger partial charge in [0, 0.05) is 19.1 Å². The Hall–Kier alpha value is -0.900. The van der Waals surface area contributed by atoms with Crippen LogP contribution in [0.4, 0.5) is 0 Å². The van der Waals surface area contributed by atoms with Crippen LogP contribution in [0.25, 0.3) is 0 Å². The van der Waals surface area contributed by atoms with Gasteiger partial charge in [-0.1, -0.05) is 31.2 Å². The molecule has 0 bridgehead atoms. The third-order valence-corrected chi connectivity index (χ3v) is 4.71. The highest BCUT2D eigenvalue weighted by Crippen LogP contribution is 2.38. The van der Waals surface area contributed by atoms with Gasteiger partial charge in [0.25, 0.3) is 0 Å². The van der Waals surface area contributed by atoms with Gasteiger partial charge in [-0.05, 0) is 42.9 Å². The maximum atomic E-state index is 6.42. The average molecular weight is 274 g/mol. The second kappa shape index (κ2) is 6.25. The Bertz CT molecular complexity index is 446. The van der Waals surface area contributed by atoms with Crippen LogP contribution >= 0.6 is 0 Å². The third kappa shape index (κ3) is 2.90. The predicted octanol–water partition coefficient (Wildman–Crippen LogP) is 2.15. The van der Waals surface area contributed by atoms with Crippen LogP contribution in [0.2, 0.25) is 0 Å². The van der Waals surface area contributed by atoms with Crippen LogP contribution in [0, 0.1) is 0 Å². The fraction of sp³-hybridized carbons (Fsp3) is 0.647. The summed E-state index contributed by atoms with van der Waals surface area (Å²) in [5.74, 6) is 0.645. The van der Waals surface area contributed by atoms with Gasteiger partial charge in [0.2, 0.25) is 0 Å². The van der Waals surface area contributed by atoms with Crippen LogP contribution in [0.3, 0.4) is 0 Å². The van der Waals surface area contributed by atoms with Crippen molar-refractivity contribution in [3.8, 4) is 0 Å². The van der Waals surface area contributed by atoms with E-state index in [4.69, 9.17) is 10.5 Å². The minimum atomic E-state index is 0.160. The second-order valence-corrected chi connectivity index (χ2v) is 6.21. The Morgan fingerprint density at radius 2 is 2.25 bits per heavy atom. The molecular formula is C17H26N2O. The lowest BCUT2D eigenvalue weighted by molar-refractivity contribution is -0.0424. The van der Waals surface area contributed by atoms with Gasteiger partial charge in [-0.2, -0.15) is 0 Å². The van der Waals surface area contributed by atoms with E-state index in [-0.39, 0.29) is 12.1 Å². The molecule has 2 N–H and O–H groups in total. The van der Waals surface area contributed by atoms with Gasteiger partial charge >= 0.3 is 0 Å². The lowest BCUT2D eigenvalue weighted by Gasteiger charge is -2.38. The summed E-state index contributed by atoms with van der Waals surface area (Å²) in [6.07, 6.45) is 3.66. The molecule has 1 saturated heterocycles. The van der Waals surface area contributed by atoms with Crippen LogP contribution in [-0.4, -0.2) is 43.3 Å². The van der Waals surface area contributed by atoms with Gasteiger partial charge < -0.3 is 10.5 Å². The molecule has 110 valence electrons. The Morgan fingerprint density at radius 3 is 3.05 bits per heavy atom. The monoisotopic (exact) mass is 274 g/mol. The summed E-state index contributed by atoms with van der Waals surface area (Å²) in [6.45, 7) is 6.29. The number of benzene rings is 1. The van der Waals surface area contributed by atoms with Gasteiger partial charge in [-0.3, -0.25) is 4.90 Å². The first-order chi connectivity index (χ1) is 9.78. The molecule has 0 spiro atoms. The van der Waals surface area contributed by atoms with Gasteiger partial charge in [-0.15, -0.1) is 0 Å². The summed E-state index contributed by atoms with van der Waals surface area (Å²) in [7, 11) is 0. The molecule has 3 nitrogen and oxygen atoms in total. The molecule has 20 heavy (non-hydrogen) atoms. The number of nitrogens with two attached hydrogens (primary N) is 1. The fourth-order valence-electron chi connectivity index (χ4n) is 3.56. The number of rotatable bonds is 5. The molecule has 2 aliphatic rings. The minimum absolute atomic E-state index is 0.160. The zero-order valence-electron chi connectivity index (χ0n) is 12.4. The average Bonchev–Trinajstić information content (AvgIpc) is 2.45. The highest BCUT2D eigenvalue weighted by molar-refractivity contribution is 5.39. The van der Waals surface area contributed by atoms with Crippen molar-refractivity contribution in [2.24, 2.45) is 5.73 Å². The van der Waals surface area contributed by atoms with E-state index >= 15 is 0 Å². The lowest BCUT2D eigenvalue weighted by Crippen LogP contribution is -2.51. The summed E-state index contributed by atoms with van der Waals surface area (Å²) >= 11 is 0. The molecule has 3 heteroatoms. The summed E-state index contributed by atoms with van der Waals surface area (Å²) in [4.78, 5) is 2.49. The molecule has 1 aromatic rings. The number of hydrogen-bond acceptors (Lipinski definition) is 3. The van der Waals surface area contributed by atoms with E-state index in [0.717, 1.165) is 26.1 Å². The minimum Gasteiger partial charge on any atom is -0.374 e. The van der Waals surface area contributed by atoms with Crippen molar-refractivity contribution in [1.82, 2.24) is 4.90 Å². The molecule has 1 aliphatic carbocycles. The van der Waals surface area contributed by atoms with Gasteiger partial charge in [0.15, 0.2) is 0 Å². The van der Waals surface area contributed by atoms with Crippen LogP contribution in [0.5, 0.6) is 0 Å². The standard InChI is InChI=1S/C17H26N2O/c1-2-7-19-8-9-20-17(12-19)16(18)11-14-10-13-5-3-4-6-15(13)14/h3-6,14,16-17H,2,7-12,18H2,1H3. The van der Waals surface area contributed by atoms with E-state index in [2.05, 4.69) is 36.1 Å². The maximum absolute atomic E-state index is 6.42. The Kier molecular flexibility index (Phi) is 4.39. The maximum Gasteiger partial charge on any atom is 0.0853 e. The molecule has 0 saturated carbocycles. The van der Waals surface area contributed by atoms with Gasteiger partial charge in [-0.25, -0.2) is 0 Å². The normalized spacial score (nSPS) is 27.7. The van der Waals surface area contributed by atoms with Crippen molar-refractivity contribution in [1.29, 1.82) is 0 Å². The molecule has 1 heterocycles. The first-order valence-corrected chi connectivity index (χ1v) is 7.95. The van der Waals surface area contributed by atoms with E-state index in [9.17, 15) is 0 Å². The molecule has 0 aromatic heterocycles. The Labute approximate surface area is 122 Å². The summed E-state index contributed by atoms with van der Waals surface area (Å²) < 4.78 is 5.91. The van der Waals surface area contributed by atoms with E-state index < -0.39 is 0 Å². The SMILES string of the molecule is CCCN1CCOC(C(N)CC2Cc3ccccc32)C1. The van der Waals surface area contributed by atoms with Crippen molar-refractivity contribution < 1.29 is 4.74 Å². The molecule has 1 aromatic carbocycles. The number of hydrogen-bond donors (Lipinski definition) is 1. The highest BCUT2D eigenvalue weighted by atomic mass is 16.5. The van der Waals surface area contributed by atoms with Crippen molar-refractivity contribution in [2.75, 3.05) is 26.2 Å². The quantitative estimate of drug-likeness (QED) is 0.894. The molecule has 0 radical (unpaired) electrons. The highest BCUT2D eigenvalue weighted by Gasteiger charge is 2.32. The number of nitrogens with zero attached hydrogens (tertiary/aromatic N) is 1. The van der Waals surface area contributed by atoms with Crippen molar-refractivity contribution in [2.45, 2.75) is 44.2 Å².